The third-order valence-electron chi connectivity index (χ3n) is 4.82. The highest BCUT2D eigenvalue weighted by Gasteiger charge is 2.16. The van der Waals surface area contributed by atoms with Gasteiger partial charge in [0, 0.05) is 23.5 Å². The van der Waals surface area contributed by atoms with Crippen LogP contribution in [0.3, 0.4) is 0 Å². The number of nitrogens with zero attached hydrogens (tertiary/aromatic N) is 5. The van der Waals surface area contributed by atoms with E-state index in [9.17, 15) is 8.78 Å². The molecule has 3 aromatic heterocycles. The van der Waals surface area contributed by atoms with Crippen LogP contribution in [0.25, 0.3) is 33.4 Å². The van der Waals surface area contributed by atoms with Crippen molar-refractivity contribution in [3.8, 4) is 11.1 Å². The molecule has 0 N–H and O–H groups in total. The standard InChI is InChI=1S/C20H15F2N5O/c21-19(22)15-7-14(9-23-10-15)13-1-2-16-17(8-13)27-18(11-24-16)25-26-20(27)12-3-5-28-6-4-12/h1-3,7-11,19H,4-6H2. The summed E-state index contributed by atoms with van der Waals surface area (Å²) >= 11 is 0. The fraction of sp³-hybridized carbons (Fsp3) is 0.200. The van der Waals surface area contributed by atoms with Gasteiger partial charge in [0.05, 0.1) is 30.4 Å². The maximum absolute atomic E-state index is 13.1. The smallest absolute Gasteiger partial charge is 0.265 e. The second-order valence-electron chi connectivity index (χ2n) is 6.54. The van der Waals surface area contributed by atoms with Crippen molar-refractivity contribution < 1.29 is 13.5 Å². The lowest BCUT2D eigenvalue weighted by molar-refractivity contribution is 0.151. The Labute approximate surface area is 158 Å². The molecule has 0 saturated carbocycles. The summed E-state index contributed by atoms with van der Waals surface area (Å²) in [6.07, 6.45) is 4.64. The molecular weight excluding hydrogens is 364 g/mol. The molecule has 0 unspecified atom stereocenters. The Balaban J connectivity index is 1.72. The number of aromatic nitrogens is 5. The minimum Gasteiger partial charge on any atom is -0.377 e. The number of fused-ring (bicyclic) bond motifs is 3. The number of alkyl halides is 2. The van der Waals surface area contributed by atoms with E-state index in [0.717, 1.165) is 34.4 Å². The minimum absolute atomic E-state index is 0.105. The molecule has 0 radical (unpaired) electrons. The third kappa shape index (κ3) is 2.82. The van der Waals surface area contributed by atoms with Crippen molar-refractivity contribution in [2.24, 2.45) is 0 Å². The van der Waals surface area contributed by atoms with E-state index in [2.05, 4.69) is 20.2 Å². The van der Waals surface area contributed by atoms with Gasteiger partial charge >= 0.3 is 0 Å². The first-order chi connectivity index (χ1) is 13.7. The molecule has 0 saturated heterocycles. The molecule has 8 heteroatoms. The molecular formula is C20H15F2N5O. The first-order valence-electron chi connectivity index (χ1n) is 8.85. The lowest BCUT2D eigenvalue weighted by Gasteiger charge is -2.13. The zero-order chi connectivity index (χ0) is 19.1. The van der Waals surface area contributed by atoms with E-state index in [4.69, 9.17) is 4.74 Å². The van der Waals surface area contributed by atoms with Crippen molar-refractivity contribution >= 4 is 22.3 Å². The van der Waals surface area contributed by atoms with Crippen LogP contribution < -0.4 is 0 Å². The molecule has 0 aliphatic carbocycles. The molecule has 140 valence electrons. The van der Waals surface area contributed by atoms with Crippen LogP contribution in [0.4, 0.5) is 8.78 Å². The molecule has 0 spiro atoms. The molecule has 1 aliphatic rings. The van der Waals surface area contributed by atoms with Gasteiger partial charge < -0.3 is 4.74 Å². The van der Waals surface area contributed by atoms with Crippen molar-refractivity contribution in [3.05, 3.63) is 60.3 Å². The summed E-state index contributed by atoms with van der Waals surface area (Å²) < 4.78 is 33.5. The fourth-order valence-corrected chi connectivity index (χ4v) is 3.41. The summed E-state index contributed by atoms with van der Waals surface area (Å²) in [5, 5.41) is 8.59. The lowest BCUT2D eigenvalue weighted by atomic mass is 10.0. The Morgan fingerprint density at radius 2 is 1.96 bits per heavy atom. The van der Waals surface area contributed by atoms with Gasteiger partial charge in [0.25, 0.3) is 6.43 Å². The molecule has 0 amide bonds. The van der Waals surface area contributed by atoms with Gasteiger partial charge in [0.2, 0.25) is 0 Å². The van der Waals surface area contributed by atoms with Crippen molar-refractivity contribution in [2.75, 3.05) is 13.2 Å². The van der Waals surface area contributed by atoms with Gasteiger partial charge in [0.15, 0.2) is 11.5 Å². The second kappa shape index (κ2) is 6.72. The molecule has 0 fully saturated rings. The van der Waals surface area contributed by atoms with Crippen molar-refractivity contribution in [3.63, 3.8) is 0 Å². The van der Waals surface area contributed by atoms with Crippen LogP contribution in [-0.4, -0.2) is 37.8 Å². The van der Waals surface area contributed by atoms with Crippen LogP contribution >= 0.6 is 0 Å². The number of benzene rings is 1. The highest BCUT2D eigenvalue weighted by molar-refractivity contribution is 5.84. The Kier molecular flexibility index (Phi) is 4.05. The summed E-state index contributed by atoms with van der Waals surface area (Å²) in [7, 11) is 0. The first-order valence-corrected chi connectivity index (χ1v) is 8.85. The molecule has 4 heterocycles. The highest BCUT2D eigenvalue weighted by Crippen LogP contribution is 2.29. The molecule has 1 aromatic carbocycles. The summed E-state index contributed by atoms with van der Waals surface area (Å²) in [6.45, 7) is 1.19. The maximum Gasteiger partial charge on any atom is 0.265 e. The van der Waals surface area contributed by atoms with E-state index in [1.807, 2.05) is 28.7 Å². The average Bonchev–Trinajstić information content (AvgIpc) is 3.19. The van der Waals surface area contributed by atoms with Crippen molar-refractivity contribution in [1.29, 1.82) is 0 Å². The average molecular weight is 379 g/mol. The minimum atomic E-state index is -2.56. The molecule has 1 aliphatic heterocycles. The van der Waals surface area contributed by atoms with E-state index >= 15 is 0 Å². The van der Waals surface area contributed by atoms with Gasteiger partial charge in [0.1, 0.15) is 0 Å². The fourth-order valence-electron chi connectivity index (χ4n) is 3.41. The SMILES string of the molecule is FC(F)c1cncc(-c2ccc3ncc4nnc(C5=CCOCC5)n4c3c2)c1. The number of ether oxygens (including phenoxy) is 1. The van der Waals surface area contributed by atoms with E-state index in [-0.39, 0.29) is 5.56 Å². The van der Waals surface area contributed by atoms with E-state index in [1.165, 1.54) is 12.3 Å². The maximum atomic E-state index is 13.1. The van der Waals surface area contributed by atoms with Gasteiger partial charge in [-0.15, -0.1) is 10.2 Å². The summed E-state index contributed by atoms with van der Waals surface area (Å²) in [6, 6.07) is 7.08. The van der Waals surface area contributed by atoms with Gasteiger partial charge in [-0.1, -0.05) is 12.1 Å². The van der Waals surface area contributed by atoms with E-state index < -0.39 is 6.43 Å². The zero-order valence-electron chi connectivity index (χ0n) is 14.7. The van der Waals surface area contributed by atoms with Crippen LogP contribution in [0.15, 0.2) is 48.9 Å². The number of pyridine rings is 1. The Bertz CT molecular complexity index is 1220. The van der Waals surface area contributed by atoms with Gasteiger partial charge in [-0.3, -0.25) is 14.4 Å². The topological polar surface area (TPSA) is 65.2 Å². The van der Waals surface area contributed by atoms with Crippen LogP contribution in [0.1, 0.15) is 24.2 Å². The number of hydrogen-bond donors (Lipinski definition) is 0. The van der Waals surface area contributed by atoms with Gasteiger partial charge in [-0.2, -0.15) is 0 Å². The van der Waals surface area contributed by atoms with Crippen LogP contribution in [0.2, 0.25) is 0 Å². The Morgan fingerprint density at radius 1 is 1.04 bits per heavy atom. The Morgan fingerprint density at radius 3 is 2.79 bits per heavy atom. The van der Waals surface area contributed by atoms with Crippen molar-refractivity contribution in [1.82, 2.24) is 24.6 Å². The molecule has 0 bridgehead atoms. The number of hydrogen-bond acceptors (Lipinski definition) is 5. The van der Waals surface area contributed by atoms with E-state index in [0.29, 0.717) is 24.4 Å². The molecule has 6 nitrogen and oxygen atoms in total. The van der Waals surface area contributed by atoms with Crippen LogP contribution in [0.5, 0.6) is 0 Å². The van der Waals surface area contributed by atoms with Crippen LogP contribution in [-0.2, 0) is 4.74 Å². The summed E-state index contributed by atoms with van der Waals surface area (Å²) in [4.78, 5) is 8.40. The predicted octanol–water partition coefficient (Wildman–Crippen LogP) is 4.08. The van der Waals surface area contributed by atoms with Gasteiger partial charge in [-0.25, -0.2) is 8.78 Å². The third-order valence-corrected chi connectivity index (χ3v) is 4.82. The molecule has 0 atom stereocenters. The molecule has 28 heavy (non-hydrogen) atoms. The van der Waals surface area contributed by atoms with Crippen LogP contribution in [0, 0.1) is 0 Å². The Hall–Kier alpha value is -3.26. The summed E-state index contributed by atoms with van der Waals surface area (Å²) in [5.41, 5.74) is 4.57. The normalized spacial score (nSPS) is 14.8. The van der Waals surface area contributed by atoms with E-state index in [1.54, 1.807) is 12.4 Å². The lowest BCUT2D eigenvalue weighted by Crippen LogP contribution is -2.06. The monoisotopic (exact) mass is 379 g/mol. The number of halogens is 2. The number of rotatable bonds is 3. The predicted molar refractivity (Wildman–Crippen MR) is 99.9 cm³/mol. The summed E-state index contributed by atoms with van der Waals surface area (Å²) in [5.74, 6) is 0.752. The molecule has 4 aromatic rings. The zero-order valence-corrected chi connectivity index (χ0v) is 14.7. The van der Waals surface area contributed by atoms with Crippen molar-refractivity contribution in [2.45, 2.75) is 12.8 Å². The largest absolute Gasteiger partial charge is 0.377 e. The van der Waals surface area contributed by atoms with Gasteiger partial charge in [-0.05, 0) is 35.8 Å². The highest BCUT2D eigenvalue weighted by atomic mass is 19.3. The second-order valence-corrected chi connectivity index (χ2v) is 6.54. The quantitative estimate of drug-likeness (QED) is 0.537. The molecule has 5 rings (SSSR count). The first kappa shape index (κ1) is 16.9.